The van der Waals surface area contributed by atoms with Crippen molar-refractivity contribution in [3.05, 3.63) is 58.2 Å². The van der Waals surface area contributed by atoms with Gasteiger partial charge in [-0.05, 0) is 54.7 Å². The number of carbonyl (C=O) groups is 1. The van der Waals surface area contributed by atoms with E-state index < -0.39 is 38.8 Å². The number of sulfonamides is 1. The molecule has 0 radical (unpaired) electrons. The Morgan fingerprint density at radius 1 is 1.21 bits per heavy atom. The number of aromatic carboxylic acids is 1. The number of methoxy groups -OCH3 is 1. The summed E-state index contributed by atoms with van der Waals surface area (Å²) in [6.07, 6.45) is 1.07. The number of thiazole rings is 1. The number of nitrogens with one attached hydrogen (secondary N) is 1. The quantitative estimate of drug-likeness (QED) is 0.301. The van der Waals surface area contributed by atoms with Gasteiger partial charge in [-0.25, -0.2) is 22.9 Å². The maximum atomic E-state index is 14.2. The van der Waals surface area contributed by atoms with Crippen molar-refractivity contribution in [2.45, 2.75) is 56.9 Å². The number of carboxylic acids is 1. The number of benzene rings is 2. The highest BCUT2D eigenvalue weighted by molar-refractivity contribution is 7.92. The average molecular weight is 569 g/mol. The molecule has 1 fully saturated rings. The van der Waals surface area contributed by atoms with E-state index in [0.717, 1.165) is 48.6 Å². The van der Waals surface area contributed by atoms with E-state index in [4.69, 9.17) is 9.84 Å². The van der Waals surface area contributed by atoms with Gasteiger partial charge in [-0.3, -0.25) is 4.72 Å². The Balaban J connectivity index is 1.62. The molecule has 0 atom stereocenters. The van der Waals surface area contributed by atoms with Crippen molar-refractivity contribution in [3.63, 3.8) is 0 Å². The van der Waals surface area contributed by atoms with E-state index in [1.807, 2.05) is 0 Å². The van der Waals surface area contributed by atoms with E-state index in [0.29, 0.717) is 6.07 Å². The second-order valence-electron chi connectivity index (χ2n) is 10.0. The van der Waals surface area contributed by atoms with Crippen LogP contribution in [0.25, 0.3) is 10.6 Å². The third kappa shape index (κ3) is 5.80. The Labute approximate surface area is 222 Å². The van der Waals surface area contributed by atoms with Crippen molar-refractivity contribution < 1.29 is 36.2 Å². The zero-order valence-electron chi connectivity index (χ0n) is 20.9. The zero-order chi connectivity index (χ0) is 27.8. The van der Waals surface area contributed by atoms with E-state index >= 15 is 0 Å². The highest BCUT2D eigenvalue weighted by Crippen LogP contribution is 2.44. The maximum absolute atomic E-state index is 14.2. The number of anilines is 1. The molecule has 1 aromatic heterocycles. The topological polar surface area (TPSA) is 106 Å². The molecule has 0 saturated heterocycles. The molecule has 7 nitrogen and oxygen atoms in total. The van der Waals surface area contributed by atoms with Gasteiger partial charge in [-0.2, -0.15) is 8.42 Å². The van der Waals surface area contributed by atoms with Gasteiger partial charge in [0.25, 0.3) is 16.4 Å². The molecule has 4 rings (SSSR count). The molecule has 12 heteroatoms. The third-order valence-corrected chi connectivity index (χ3v) is 9.15. The van der Waals surface area contributed by atoms with Crippen LogP contribution in [0.5, 0.6) is 5.75 Å². The fourth-order valence-electron chi connectivity index (χ4n) is 4.61. The average Bonchev–Trinajstić information content (AvgIpc) is 3.35. The van der Waals surface area contributed by atoms with E-state index in [1.54, 1.807) is 12.1 Å². The summed E-state index contributed by atoms with van der Waals surface area (Å²) in [5, 5.41) is 9.90. The van der Waals surface area contributed by atoms with Crippen LogP contribution in [0.2, 0.25) is 0 Å². The molecular formula is C26H27F3N2O5S2. The first-order valence-electron chi connectivity index (χ1n) is 11.8. The minimum Gasteiger partial charge on any atom is -0.495 e. The number of ether oxygens (including phenoxy) is 1. The van der Waals surface area contributed by atoms with Crippen LogP contribution in [0.4, 0.5) is 18.9 Å². The lowest BCUT2D eigenvalue weighted by Crippen LogP contribution is -2.20. The van der Waals surface area contributed by atoms with Gasteiger partial charge in [0.15, 0.2) is 5.03 Å². The van der Waals surface area contributed by atoms with Crippen LogP contribution < -0.4 is 9.46 Å². The number of alkyl halides is 2. The van der Waals surface area contributed by atoms with Crippen LogP contribution in [0.3, 0.4) is 0 Å². The summed E-state index contributed by atoms with van der Waals surface area (Å²) >= 11 is 0.886. The van der Waals surface area contributed by atoms with Gasteiger partial charge in [0.1, 0.15) is 16.6 Å². The Morgan fingerprint density at radius 3 is 2.50 bits per heavy atom. The van der Waals surface area contributed by atoms with E-state index in [9.17, 15) is 26.4 Å². The Kier molecular flexibility index (Phi) is 7.76. The minimum absolute atomic E-state index is 0.0939. The summed E-state index contributed by atoms with van der Waals surface area (Å²) in [5.41, 5.74) is -0.0252. The molecule has 2 N–H and O–H groups in total. The van der Waals surface area contributed by atoms with Crippen molar-refractivity contribution in [3.8, 4) is 16.3 Å². The largest absolute Gasteiger partial charge is 0.495 e. The summed E-state index contributed by atoms with van der Waals surface area (Å²) in [6.45, 7) is 4.41. The number of rotatable bonds is 8. The second-order valence-corrected chi connectivity index (χ2v) is 12.5. The molecule has 1 heterocycles. The summed E-state index contributed by atoms with van der Waals surface area (Å²) in [5.74, 6) is -2.75. The number of nitrogens with zero attached hydrogens (tertiary/aromatic N) is 1. The zero-order valence-corrected chi connectivity index (χ0v) is 22.6. The van der Waals surface area contributed by atoms with Crippen LogP contribution in [-0.4, -0.2) is 31.6 Å². The standard InChI is InChI=1S/C26H27F3N2O5S2/c1-26(2)8-6-14(7-9-26)15-4-5-16(17(10-15)23(28)29)24-30-22(13-37-24)38(34,35)31-20-12-19(27)18(25(32)33)11-21(20)36-3/h4-5,10-14,23,31H,6-9H2,1-3H3,(H,32,33). The van der Waals surface area contributed by atoms with Gasteiger partial charge in [-0.15, -0.1) is 11.3 Å². The SMILES string of the molecule is COc1cc(C(=O)O)c(F)cc1NS(=O)(=O)c1csc(-c2ccc(C3CCC(C)(C)CC3)cc2C(F)F)n1. The molecule has 0 amide bonds. The molecule has 1 aliphatic rings. The van der Waals surface area contributed by atoms with Crippen LogP contribution in [-0.2, 0) is 10.0 Å². The van der Waals surface area contributed by atoms with Gasteiger partial charge in [0, 0.05) is 22.6 Å². The molecule has 38 heavy (non-hydrogen) atoms. The summed E-state index contributed by atoms with van der Waals surface area (Å²) in [7, 11) is -3.22. The van der Waals surface area contributed by atoms with Gasteiger partial charge in [0.05, 0.1) is 18.4 Å². The number of hydrogen-bond acceptors (Lipinski definition) is 6. The van der Waals surface area contributed by atoms with Crippen LogP contribution in [0.1, 0.15) is 73.4 Å². The molecule has 3 aromatic rings. The lowest BCUT2D eigenvalue weighted by molar-refractivity contribution is 0.0691. The van der Waals surface area contributed by atoms with Gasteiger partial charge in [-0.1, -0.05) is 26.0 Å². The minimum atomic E-state index is -4.38. The van der Waals surface area contributed by atoms with Gasteiger partial charge in [0.2, 0.25) is 0 Å². The van der Waals surface area contributed by atoms with Crippen molar-refractivity contribution in [1.29, 1.82) is 0 Å². The van der Waals surface area contributed by atoms with E-state index in [2.05, 4.69) is 23.6 Å². The first-order chi connectivity index (χ1) is 17.8. The number of halogens is 3. The predicted octanol–water partition coefficient (Wildman–Crippen LogP) is 7.08. The number of aromatic nitrogens is 1. The monoisotopic (exact) mass is 568 g/mol. The molecule has 2 aromatic carbocycles. The van der Waals surface area contributed by atoms with Gasteiger partial charge >= 0.3 is 5.97 Å². The molecule has 204 valence electrons. The van der Waals surface area contributed by atoms with Crippen LogP contribution in [0.15, 0.2) is 40.7 Å². The maximum Gasteiger partial charge on any atom is 0.338 e. The first kappa shape index (κ1) is 27.9. The summed E-state index contributed by atoms with van der Waals surface area (Å²) < 4.78 is 75.4. The van der Waals surface area contributed by atoms with Crippen molar-refractivity contribution in [2.24, 2.45) is 5.41 Å². The summed E-state index contributed by atoms with van der Waals surface area (Å²) in [4.78, 5) is 15.2. The van der Waals surface area contributed by atoms with E-state index in [-0.39, 0.29) is 38.9 Å². The second kappa shape index (κ2) is 10.6. The lowest BCUT2D eigenvalue weighted by Gasteiger charge is -2.34. The summed E-state index contributed by atoms with van der Waals surface area (Å²) in [6, 6.07) is 6.39. The van der Waals surface area contributed by atoms with Crippen LogP contribution >= 0.6 is 11.3 Å². The molecule has 0 bridgehead atoms. The van der Waals surface area contributed by atoms with E-state index in [1.165, 1.54) is 18.6 Å². The Hall–Kier alpha value is -3.12. The molecule has 0 unspecified atom stereocenters. The van der Waals surface area contributed by atoms with Crippen molar-refractivity contribution >= 4 is 33.0 Å². The first-order valence-corrected chi connectivity index (χ1v) is 14.2. The smallest absolute Gasteiger partial charge is 0.338 e. The lowest BCUT2D eigenvalue weighted by atomic mass is 9.71. The van der Waals surface area contributed by atoms with Crippen molar-refractivity contribution in [1.82, 2.24) is 4.98 Å². The number of carboxylic acid groups (broad SMARTS) is 1. The highest BCUT2D eigenvalue weighted by Gasteiger charge is 2.29. The third-order valence-electron chi connectivity index (χ3n) is 6.87. The fourth-order valence-corrected chi connectivity index (χ4v) is 6.82. The molecule has 1 aliphatic carbocycles. The fraction of sp³-hybridized carbons (Fsp3) is 0.385. The van der Waals surface area contributed by atoms with Gasteiger partial charge < -0.3 is 9.84 Å². The Bertz CT molecular complexity index is 1460. The Morgan fingerprint density at radius 2 is 1.89 bits per heavy atom. The molecule has 0 aliphatic heterocycles. The normalized spacial score (nSPS) is 16.0. The molecule has 1 saturated carbocycles. The molecule has 0 spiro atoms. The number of hydrogen-bond donors (Lipinski definition) is 2. The van der Waals surface area contributed by atoms with Crippen LogP contribution in [0, 0.1) is 11.2 Å². The molecular weight excluding hydrogens is 541 g/mol. The van der Waals surface area contributed by atoms with Crippen molar-refractivity contribution in [2.75, 3.05) is 11.8 Å². The predicted molar refractivity (Wildman–Crippen MR) is 138 cm³/mol. The highest BCUT2D eigenvalue weighted by atomic mass is 32.2.